The zero-order valence-corrected chi connectivity index (χ0v) is 10.2. The molecule has 1 N–H and O–H groups in total. The molecule has 0 bridgehead atoms. The Balaban J connectivity index is 2.23. The first-order valence-electron chi connectivity index (χ1n) is 4.87. The molecule has 2 aromatic rings. The van der Waals surface area contributed by atoms with Crippen molar-refractivity contribution in [2.24, 2.45) is 7.05 Å². The Morgan fingerprint density at radius 2 is 2.12 bits per heavy atom. The average molecular weight is 235 g/mol. The molecule has 0 fully saturated rings. The van der Waals surface area contributed by atoms with Gasteiger partial charge in [-0.25, -0.2) is 9.97 Å². The molecular formula is C10H13N5S. The topological polar surface area (TPSA) is 55.6 Å². The summed E-state index contributed by atoms with van der Waals surface area (Å²) in [5.74, 6) is 0.816. The van der Waals surface area contributed by atoms with Gasteiger partial charge in [-0.1, -0.05) is 11.8 Å². The number of hydrogen-bond donors (Lipinski definition) is 1. The van der Waals surface area contributed by atoms with Gasteiger partial charge in [0.15, 0.2) is 0 Å². The second-order valence-corrected chi connectivity index (χ2v) is 4.38. The van der Waals surface area contributed by atoms with Crippen molar-refractivity contribution in [3.8, 4) is 0 Å². The van der Waals surface area contributed by atoms with E-state index >= 15 is 0 Å². The summed E-state index contributed by atoms with van der Waals surface area (Å²) in [4.78, 5) is 8.27. The molecule has 84 valence electrons. The summed E-state index contributed by atoms with van der Waals surface area (Å²) in [5.41, 5.74) is 1.01. The van der Waals surface area contributed by atoms with Gasteiger partial charge in [0.2, 0.25) is 0 Å². The van der Waals surface area contributed by atoms with Crippen molar-refractivity contribution < 1.29 is 0 Å². The fourth-order valence-electron chi connectivity index (χ4n) is 1.32. The van der Waals surface area contributed by atoms with Crippen LogP contribution in [0, 0.1) is 6.92 Å². The van der Waals surface area contributed by atoms with Crippen LogP contribution in [-0.2, 0) is 7.05 Å². The first-order chi connectivity index (χ1) is 7.69. The van der Waals surface area contributed by atoms with E-state index in [0.717, 1.165) is 21.6 Å². The molecule has 0 aliphatic rings. The van der Waals surface area contributed by atoms with Crippen molar-refractivity contribution in [2.75, 3.05) is 12.4 Å². The molecule has 0 amide bonds. The van der Waals surface area contributed by atoms with E-state index in [4.69, 9.17) is 0 Å². The van der Waals surface area contributed by atoms with Gasteiger partial charge in [-0.15, -0.1) is 0 Å². The molecule has 0 aromatic carbocycles. The van der Waals surface area contributed by atoms with Gasteiger partial charge in [0.25, 0.3) is 0 Å². The number of aromatic nitrogens is 4. The smallest absolute Gasteiger partial charge is 0.130 e. The van der Waals surface area contributed by atoms with Crippen molar-refractivity contribution in [3.63, 3.8) is 0 Å². The standard InChI is InChI=1S/C10H13N5S/c1-7-4-10(15(3)14-7)16-9-5-8(11-2)12-6-13-9/h4-6H,1-3H3,(H,11,12,13). The summed E-state index contributed by atoms with van der Waals surface area (Å²) in [6.07, 6.45) is 1.55. The highest BCUT2D eigenvalue weighted by atomic mass is 32.2. The molecule has 0 radical (unpaired) electrons. The minimum absolute atomic E-state index is 0.816. The summed E-state index contributed by atoms with van der Waals surface area (Å²) < 4.78 is 1.85. The molecule has 0 atom stereocenters. The summed E-state index contributed by atoms with van der Waals surface area (Å²) in [6.45, 7) is 1.98. The lowest BCUT2D eigenvalue weighted by Crippen LogP contribution is -1.95. The largest absolute Gasteiger partial charge is 0.373 e. The highest BCUT2D eigenvalue weighted by Gasteiger charge is 2.05. The van der Waals surface area contributed by atoms with Crippen LogP contribution in [0.15, 0.2) is 28.5 Å². The van der Waals surface area contributed by atoms with E-state index in [-0.39, 0.29) is 0 Å². The molecule has 0 saturated heterocycles. The Hall–Kier alpha value is -1.56. The summed E-state index contributed by atoms with van der Waals surface area (Å²) >= 11 is 1.57. The molecule has 6 heteroatoms. The number of hydrogen-bond acceptors (Lipinski definition) is 5. The molecular weight excluding hydrogens is 222 g/mol. The van der Waals surface area contributed by atoms with E-state index in [9.17, 15) is 0 Å². The number of nitrogens with one attached hydrogen (secondary N) is 1. The van der Waals surface area contributed by atoms with Crippen LogP contribution in [0.4, 0.5) is 5.82 Å². The number of nitrogens with zero attached hydrogens (tertiary/aromatic N) is 4. The normalized spacial score (nSPS) is 10.4. The van der Waals surface area contributed by atoms with E-state index in [1.165, 1.54) is 0 Å². The Bertz CT molecular complexity index is 494. The maximum absolute atomic E-state index is 4.29. The first-order valence-corrected chi connectivity index (χ1v) is 5.69. The maximum atomic E-state index is 4.29. The van der Waals surface area contributed by atoms with Gasteiger partial charge in [0, 0.05) is 20.2 Å². The predicted octanol–water partition coefficient (Wildman–Crippen LogP) is 1.71. The zero-order chi connectivity index (χ0) is 11.5. The van der Waals surface area contributed by atoms with Crippen LogP contribution < -0.4 is 5.32 Å². The highest BCUT2D eigenvalue weighted by molar-refractivity contribution is 7.99. The van der Waals surface area contributed by atoms with Gasteiger partial charge in [-0.2, -0.15) is 5.10 Å². The second kappa shape index (κ2) is 4.52. The molecule has 5 nitrogen and oxygen atoms in total. The third-order valence-corrected chi connectivity index (χ3v) is 3.09. The van der Waals surface area contributed by atoms with Gasteiger partial charge in [0.05, 0.1) is 5.69 Å². The minimum Gasteiger partial charge on any atom is -0.373 e. The van der Waals surface area contributed by atoms with E-state index in [1.54, 1.807) is 18.1 Å². The lowest BCUT2D eigenvalue weighted by atomic mass is 10.5. The van der Waals surface area contributed by atoms with Crippen molar-refractivity contribution in [1.29, 1.82) is 0 Å². The molecule has 0 unspecified atom stereocenters. The van der Waals surface area contributed by atoms with Gasteiger partial charge < -0.3 is 5.32 Å². The van der Waals surface area contributed by atoms with Gasteiger partial charge >= 0.3 is 0 Å². The molecule has 0 aliphatic carbocycles. The van der Waals surface area contributed by atoms with Crippen molar-refractivity contribution in [3.05, 3.63) is 24.2 Å². The molecule has 0 saturated carbocycles. The number of anilines is 1. The number of aryl methyl sites for hydroxylation is 2. The zero-order valence-electron chi connectivity index (χ0n) is 9.43. The Morgan fingerprint density at radius 3 is 2.75 bits per heavy atom. The number of rotatable bonds is 3. The molecule has 2 heterocycles. The van der Waals surface area contributed by atoms with Gasteiger partial charge in [-0.3, -0.25) is 4.68 Å². The fourth-order valence-corrected chi connectivity index (χ4v) is 2.21. The van der Waals surface area contributed by atoms with Crippen LogP contribution in [0.3, 0.4) is 0 Å². The SMILES string of the molecule is CNc1cc(Sc2cc(C)nn2C)ncn1. The second-order valence-electron chi connectivity index (χ2n) is 3.34. The third-order valence-electron chi connectivity index (χ3n) is 2.07. The van der Waals surface area contributed by atoms with E-state index in [0.29, 0.717) is 0 Å². The highest BCUT2D eigenvalue weighted by Crippen LogP contribution is 2.26. The van der Waals surface area contributed by atoms with Crippen molar-refractivity contribution in [1.82, 2.24) is 19.7 Å². The lowest BCUT2D eigenvalue weighted by molar-refractivity contribution is 0.692. The Kier molecular flexibility index (Phi) is 3.09. The van der Waals surface area contributed by atoms with E-state index in [1.807, 2.05) is 37.8 Å². The van der Waals surface area contributed by atoms with Crippen LogP contribution in [0.1, 0.15) is 5.69 Å². The average Bonchev–Trinajstić information content (AvgIpc) is 2.58. The van der Waals surface area contributed by atoms with Crippen LogP contribution in [0.2, 0.25) is 0 Å². The molecule has 2 aromatic heterocycles. The van der Waals surface area contributed by atoms with Gasteiger partial charge in [-0.05, 0) is 13.0 Å². The summed E-state index contributed by atoms with van der Waals surface area (Å²) in [5, 5.41) is 9.25. The van der Waals surface area contributed by atoms with Crippen LogP contribution >= 0.6 is 11.8 Å². The monoisotopic (exact) mass is 235 g/mol. The molecule has 2 rings (SSSR count). The van der Waals surface area contributed by atoms with Crippen LogP contribution in [-0.4, -0.2) is 26.8 Å². The third kappa shape index (κ3) is 2.33. The quantitative estimate of drug-likeness (QED) is 0.821. The van der Waals surface area contributed by atoms with Gasteiger partial charge in [0.1, 0.15) is 22.2 Å². The minimum atomic E-state index is 0.816. The van der Waals surface area contributed by atoms with Crippen molar-refractivity contribution in [2.45, 2.75) is 17.0 Å². The Morgan fingerprint density at radius 1 is 1.31 bits per heavy atom. The lowest BCUT2D eigenvalue weighted by Gasteiger charge is -2.02. The molecule has 16 heavy (non-hydrogen) atoms. The molecule has 0 spiro atoms. The fraction of sp³-hybridized carbons (Fsp3) is 0.300. The first kappa shape index (κ1) is 10.9. The van der Waals surface area contributed by atoms with E-state index < -0.39 is 0 Å². The summed E-state index contributed by atoms with van der Waals surface area (Å²) in [7, 11) is 3.76. The predicted molar refractivity (Wildman–Crippen MR) is 63.6 cm³/mol. The van der Waals surface area contributed by atoms with E-state index in [2.05, 4.69) is 20.4 Å². The Labute approximate surface area is 98.3 Å². The van der Waals surface area contributed by atoms with Crippen LogP contribution in [0.25, 0.3) is 0 Å². The van der Waals surface area contributed by atoms with Crippen LogP contribution in [0.5, 0.6) is 0 Å². The molecule has 0 aliphatic heterocycles. The summed E-state index contributed by atoms with van der Waals surface area (Å²) in [6, 6.07) is 3.94. The van der Waals surface area contributed by atoms with Crippen molar-refractivity contribution >= 4 is 17.6 Å². The maximum Gasteiger partial charge on any atom is 0.130 e.